The summed E-state index contributed by atoms with van der Waals surface area (Å²) in [6, 6.07) is 13.9. The van der Waals surface area contributed by atoms with Crippen molar-refractivity contribution in [3.63, 3.8) is 0 Å². The van der Waals surface area contributed by atoms with Crippen molar-refractivity contribution < 1.29 is 18.8 Å². The molecule has 2 aliphatic heterocycles. The fourth-order valence-corrected chi connectivity index (χ4v) is 6.48. The summed E-state index contributed by atoms with van der Waals surface area (Å²) in [5.74, 6) is -0.230. The maximum atomic E-state index is 14.2. The van der Waals surface area contributed by atoms with Crippen molar-refractivity contribution in [2.24, 2.45) is 5.41 Å². The molecule has 1 aromatic heterocycles. The summed E-state index contributed by atoms with van der Waals surface area (Å²) < 4.78 is 14.2. The van der Waals surface area contributed by atoms with E-state index in [4.69, 9.17) is 0 Å². The molecular weight excluding hydrogens is 495 g/mol. The molecule has 0 unspecified atom stereocenters. The molecule has 1 saturated heterocycles. The van der Waals surface area contributed by atoms with Gasteiger partial charge in [-0.25, -0.2) is 9.37 Å². The predicted octanol–water partition coefficient (Wildman–Crippen LogP) is 4.85. The van der Waals surface area contributed by atoms with E-state index in [9.17, 15) is 18.8 Å². The standard InChI is InChI=1S/C31H31FN4O3/c1-18-11-20(13-22(32)12-18)25-8-9-30(2,3)29(39)36(25)17-26(37)34-23-7-6-19-15-31(16-21(19)14-23)24-5-4-10-33-27(24)35-28(31)38/h4-7,10-14,25H,8-9,15-17H2,1-3H3,(H,34,37)(H,33,35,38)/t25-,31+/m0/s1. The molecule has 2 aromatic carbocycles. The van der Waals surface area contributed by atoms with Crippen molar-refractivity contribution in [3.8, 4) is 0 Å². The van der Waals surface area contributed by atoms with Gasteiger partial charge in [0, 0.05) is 22.9 Å². The van der Waals surface area contributed by atoms with Crippen LogP contribution in [0, 0.1) is 18.2 Å². The Morgan fingerprint density at radius 2 is 1.92 bits per heavy atom. The second-order valence-corrected chi connectivity index (χ2v) is 11.8. The minimum Gasteiger partial charge on any atom is -0.326 e. The number of hydrogen-bond acceptors (Lipinski definition) is 4. The first-order valence-corrected chi connectivity index (χ1v) is 13.3. The number of nitrogens with one attached hydrogen (secondary N) is 2. The molecule has 1 spiro atoms. The van der Waals surface area contributed by atoms with Crippen molar-refractivity contribution in [3.05, 3.63) is 88.4 Å². The number of pyridine rings is 1. The Hall–Kier alpha value is -4.07. The van der Waals surface area contributed by atoms with E-state index in [-0.39, 0.29) is 36.1 Å². The van der Waals surface area contributed by atoms with E-state index in [1.54, 1.807) is 11.1 Å². The number of likely N-dealkylation sites (tertiary alicyclic amines) is 1. The summed E-state index contributed by atoms with van der Waals surface area (Å²) in [5.41, 5.74) is 3.78. The maximum absolute atomic E-state index is 14.2. The molecule has 0 saturated carbocycles. The van der Waals surface area contributed by atoms with Gasteiger partial charge in [0.25, 0.3) is 0 Å². The number of carbonyl (C=O) groups is 3. The van der Waals surface area contributed by atoms with E-state index in [1.807, 2.05) is 57.2 Å². The largest absolute Gasteiger partial charge is 0.326 e. The van der Waals surface area contributed by atoms with Crippen LogP contribution in [-0.2, 0) is 32.6 Å². The van der Waals surface area contributed by atoms with E-state index in [2.05, 4.69) is 15.6 Å². The number of fused-ring (bicyclic) bond motifs is 3. The topological polar surface area (TPSA) is 91.4 Å². The quantitative estimate of drug-likeness (QED) is 0.509. The number of hydrogen-bond donors (Lipinski definition) is 2. The minimum absolute atomic E-state index is 0.0529. The third-order valence-electron chi connectivity index (χ3n) is 8.49. The van der Waals surface area contributed by atoms with Crippen LogP contribution < -0.4 is 10.6 Å². The van der Waals surface area contributed by atoms with E-state index in [0.717, 1.165) is 22.3 Å². The Labute approximate surface area is 226 Å². The third kappa shape index (κ3) is 4.28. The van der Waals surface area contributed by atoms with Crippen LogP contribution >= 0.6 is 0 Å². The first-order valence-electron chi connectivity index (χ1n) is 13.3. The first-order chi connectivity index (χ1) is 18.6. The molecule has 6 rings (SSSR count). The number of nitrogens with zero attached hydrogens (tertiary/aromatic N) is 2. The zero-order valence-corrected chi connectivity index (χ0v) is 22.3. The van der Waals surface area contributed by atoms with Gasteiger partial charge in [-0.15, -0.1) is 0 Å². The van der Waals surface area contributed by atoms with Gasteiger partial charge in [0.2, 0.25) is 17.7 Å². The Morgan fingerprint density at radius 3 is 2.72 bits per heavy atom. The van der Waals surface area contributed by atoms with E-state index >= 15 is 0 Å². The second-order valence-electron chi connectivity index (χ2n) is 11.8. The van der Waals surface area contributed by atoms with Gasteiger partial charge in [-0.1, -0.05) is 32.0 Å². The normalized spacial score (nSPS) is 23.0. The number of amides is 3. The molecule has 1 fully saturated rings. The molecular formula is C31H31FN4O3. The predicted molar refractivity (Wildman–Crippen MR) is 146 cm³/mol. The lowest BCUT2D eigenvalue weighted by Crippen LogP contribution is -2.50. The van der Waals surface area contributed by atoms with Crippen molar-refractivity contribution >= 4 is 29.2 Å². The molecule has 1 aliphatic carbocycles. The van der Waals surface area contributed by atoms with E-state index in [0.29, 0.717) is 42.8 Å². The van der Waals surface area contributed by atoms with E-state index in [1.165, 1.54) is 12.1 Å². The van der Waals surface area contributed by atoms with E-state index < -0.39 is 10.8 Å². The second kappa shape index (κ2) is 9.00. The molecule has 0 bridgehead atoms. The zero-order valence-electron chi connectivity index (χ0n) is 22.3. The van der Waals surface area contributed by atoms with Gasteiger partial charge >= 0.3 is 0 Å². The van der Waals surface area contributed by atoms with Gasteiger partial charge in [0.15, 0.2) is 0 Å². The number of anilines is 2. The molecule has 7 nitrogen and oxygen atoms in total. The summed E-state index contributed by atoms with van der Waals surface area (Å²) in [6.45, 7) is 5.46. The number of carbonyl (C=O) groups excluding carboxylic acids is 3. The molecule has 2 atom stereocenters. The van der Waals surface area contributed by atoms with Crippen molar-refractivity contribution in [2.75, 3.05) is 17.2 Å². The Balaban J connectivity index is 1.22. The number of rotatable bonds is 4. The SMILES string of the molecule is Cc1cc(F)cc([C@@H]2CCC(C)(C)C(=O)N2CC(=O)Nc2ccc3c(c2)C[C@@]2(C3)C(=O)Nc3ncccc32)c1. The van der Waals surface area contributed by atoms with Crippen LogP contribution in [0.3, 0.4) is 0 Å². The average molecular weight is 527 g/mol. The van der Waals surface area contributed by atoms with Gasteiger partial charge in [-0.2, -0.15) is 0 Å². The van der Waals surface area contributed by atoms with Gasteiger partial charge in [0.1, 0.15) is 18.2 Å². The number of aryl methyl sites for hydroxylation is 1. The van der Waals surface area contributed by atoms with Crippen LogP contribution in [0.15, 0.2) is 54.7 Å². The highest BCUT2D eigenvalue weighted by molar-refractivity contribution is 6.06. The van der Waals surface area contributed by atoms with Crippen LogP contribution in [0.1, 0.15) is 60.5 Å². The average Bonchev–Trinajstić information content (AvgIpc) is 3.38. The van der Waals surface area contributed by atoms with Gasteiger partial charge < -0.3 is 15.5 Å². The molecule has 39 heavy (non-hydrogen) atoms. The highest BCUT2D eigenvalue weighted by atomic mass is 19.1. The molecule has 200 valence electrons. The number of benzene rings is 2. The molecule has 8 heteroatoms. The molecule has 3 aromatic rings. The Kier molecular flexibility index (Phi) is 5.82. The van der Waals surface area contributed by atoms with Crippen LogP contribution in [0.4, 0.5) is 15.9 Å². The molecule has 3 heterocycles. The fraction of sp³-hybridized carbons (Fsp3) is 0.355. The van der Waals surface area contributed by atoms with Crippen molar-refractivity contribution in [1.29, 1.82) is 0 Å². The number of halogens is 1. The fourth-order valence-electron chi connectivity index (χ4n) is 6.48. The summed E-state index contributed by atoms with van der Waals surface area (Å²) >= 11 is 0. The molecule has 0 radical (unpaired) electrons. The smallest absolute Gasteiger partial charge is 0.244 e. The van der Waals surface area contributed by atoms with Crippen molar-refractivity contribution in [1.82, 2.24) is 9.88 Å². The van der Waals surface area contributed by atoms with Gasteiger partial charge in [-0.05, 0) is 85.2 Å². The van der Waals surface area contributed by atoms with Crippen LogP contribution in [0.5, 0.6) is 0 Å². The lowest BCUT2D eigenvalue weighted by molar-refractivity contribution is -0.150. The van der Waals surface area contributed by atoms with Crippen LogP contribution in [0.2, 0.25) is 0 Å². The third-order valence-corrected chi connectivity index (χ3v) is 8.49. The van der Waals surface area contributed by atoms with Crippen molar-refractivity contribution in [2.45, 2.75) is 57.9 Å². The van der Waals surface area contributed by atoms with Gasteiger partial charge in [0.05, 0.1) is 11.5 Å². The Morgan fingerprint density at radius 1 is 1.13 bits per heavy atom. The molecule has 3 amide bonds. The lowest BCUT2D eigenvalue weighted by atomic mass is 9.78. The van der Waals surface area contributed by atoms with Crippen LogP contribution in [0.25, 0.3) is 0 Å². The minimum atomic E-state index is -0.684. The Bertz CT molecular complexity index is 1510. The molecule has 2 N–H and O–H groups in total. The van der Waals surface area contributed by atoms with Gasteiger partial charge in [-0.3, -0.25) is 14.4 Å². The maximum Gasteiger partial charge on any atom is 0.244 e. The number of piperidine rings is 1. The van der Waals surface area contributed by atoms with Crippen LogP contribution in [-0.4, -0.2) is 34.2 Å². The molecule has 3 aliphatic rings. The lowest BCUT2D eigenvalue weighted by Gasteiger charge is -2.43. The zero-order chi connectivity index (χ0) is 27.5. The number of aromatic nitrogens is 1. The highest BCUT2D eigenvalue weighted by Gasteiger charge is 2.51. The highest BCUT2D eigenvalue weighted by Crippen LogP contribution is 2.47. The summed E-state index contributed by atoms with van der Waals surface area (Å²) in [7, 11) is 0. The first kappa shape index (κ1) is 25.2. The summed E-state index contributed by atoms with van der Waals surface area (Å²) in [6.07, 6.45) is 4.07. The summed E-state index contributed by atoms with van der Waals surface area (Å²) in [4.78, 5) is 45.6. The summed E-state index contributed by atoms with van der Waals surface area (Å²) in [5, 5.41) is 5.86. The monoisotopic (exact) mass is 526 g/mol.